The number of likely N-dealkylation sites (N-methyl/N-ethyl adjacent to an activating group) is 1. The fourth-order valence-corrected chi connectivity index (χ4v) is 4.25. The second kappa shape index (κ2) is 7.20. The zero-order valence-corrected chi connectivity index (χ0v) is 16.7. The minimum atomic E-state index is -1.14. The lowest BCUT2D eigenvalue weighted by atomic mass is 9.93. The number of pyridine rings is 1. The van der Waals surface area contributed by atoms with E-state index in [4.69, 9.17) is 0 Å². The third kappa shape index (κ3) is 3.06. The van der Waals surface area contributed by atoms with Crippen LogP contribution in [0.1, 0.15) is 27.8 Å². The molecule has 3 heterocycles. The van der Waals surface area contributed by atoms with E-state index in [1.807, 2.05) is 0 Å². The Labute approximate surface area is 177 Å². The van der Waals surface area contributed by atoms with Gasteiger partial charge in [0.05, 0.1) is 11.4 Å². The molecule has 0 bridgehead atoms. The highest BCUT2D eigenvalue weighted by atomic mass is 19.2. The second-order valence-corrected chi connectivity index (χ2v) is 7.76. The fraction of sp³-hybridized carbons (Fsp3) is 0.182. The Kier molecular flexibility index (Phi) is 4.55. The molecule has 0 radical (unpaired) electrons. The first-order valence-corrected chi connectivity index (χ1v) is 9.74. The topological polar surface area (TPSA) is 81.0 Å². The lowest BCUT2D eigenvalue weighted by molar-refractivity contribution is 0.0718. The molecule has 0 saturated carbocycles. The van der Waals surface area contributed by atoms with Crippen LogP contribution < -0.4 is 10.9 Å². The Morgan fingerprint density at radius 2 is 1.59 bits per heavy atom. The van der Waals surface area contributed by atoms with Gasteiger partial charge >= 0.3 is 0 Å². The van der Waals surface area contributed by atoms with E-state index in [-0.39, 0.29) is 28.5 Å². The van der Waals surface area contributed by atoms with Gasteiger partial charge in [-0.25, -0.2) is 17.6 Å². The number of hydrogen-bond donors (Lipinski definition) is 3. The van der Waals surface area contributed by atoms with Gasteiger partial charge in [0.1, 0.15) is 5.69 Å². The van der Waals surface area contributed by atoms with Crippen molar-refractivity contribution in [2.75, 3.05) is 13.6 Å². The van der Waals surface area contributed by atoms with Gasteiger partial charge in [-0.15, -0.1) is 0 Å². The van der Waals surface area contributed by atoms with Gasteiger partial charge in [-0.1, -0.05) is 0 Å². The van der Waals surface area contributed by atoms with Crippen molar-refractivity contribution >= 4 is 27.6 Å². The first kappa shape index (κ1) is 20.3. The van der Waals surface area contributed by atoms with Crippen LogP contribution in [0.25, 0.3) is 21.7 Å². The summed E-state index contributed by atoms with van der Waals surface area (Å²) in [6.45, 7) is 0.571. The van der Waals surface area contributed by atoms with Crippen molar-refractivity contribution in [1.29, 1.82) is 0 Å². The lowest BCUT2D eigenvalue weighted by Gasteiger charge is -2.34. The zero-order chi connectivity index (χ0) is 22.7. The summed E-state index contributed by atoms with van der Waals surface area (Å²) in [5.41, 5.74) is 0.765. The largest absolute Gasteiger partial charge is 0.350 e. The van der Waals surface area contributed by atoms with Crippen LogP contribution in [-0.2, 0) is 6.54 Å². The summed E-state index contributed by atoms with van der Waals surface area (Å²) >= 11 is 0. The van der Waals surface area contributed by atoms with Crippen LogP contribution in [0, 0.1) is 23.3 Å². The van der Waals surface area contributed by atoms with E-state index in [0.29, 0.717) is 23.2 Å². The van der Waals surface area contributed by atoms with Crippen molar-refractivity contribution in [3.63, 3.8) is 0 Å². The van der Waals surface area contributed by atoms with Crippen LogP contribution in [0.2, 0.25) is 0 Å². The normalized spacial score (nSPS) is 15.8. The van der Waals surface area contributed by atoms with Crippen LogP contribution >= 0.6 is 0 Å². The standard InChI is InChI=1S/C22H16F4N4O2/c1-30(22(32)17-3-9-2-12(23)15(26)6-16(9)28-17)19-8-27-7-18-20(19)10-4-13(24)14(25)5-11(10)21(31)29-18/h2-6,19,27-28H,7-8H2,1H3,(H,29,31)/t19-/m0/s1. The molecule has 4 aromatic rings. The molecule has 1 atom stereocenters. The van der Waals surface area contributed by atoms with Gasteiger partial charge in [-0.05, 0) is 29.7 Å². The summed E-state index contributed by atoms with van der Waals surface area (Å²) in [6, 6.07) is 4.54. The van der Waals surface area contributed by atoms with Crippen LogP contribution in [0.5, 0.6) is 0 Å². The van der Waals surface area contributed by atoms with Gasteiger partial charge in [0.2, 0.25) is 0 Å². The van der Waals surface area contributed by atoms with Gasteiger partial charge in [0.15, 0.2) is 23.3 Å². The number of benzene rings is 2. The monoisotopic (exact) mass is 444 g/mol. The fourth-order valence-electron chi connectivity index (χ4n) is 4.25. The third-order valence-corrected chi connectivity index (χ3v) is 5.84. The van der Waals surface area contributed by atoms with Crippen molar-refractivity contribution in [3.8, 4) is 0 Å². The van der Waals surface area contributed by atoms with Gasteiger partial charge in [0.25, 0.3) is 11.5 Å². The summed E-state index contributed by atoms with van der Waals surface area (Å²) in [7, 11) is 1.52. The molecule has 3 N–H and O–H groups in total. The first-order chi connectivity index (χ1) is 15.2. The number of rotatable bonds is 2. The Hall–Kier alpha value is -3.66. The van der Waals surface area contributed by atoms with Crippen molar-refractivity contribution in [2.45, 2.75) is 12.6 Å². The highest BCUT2D eigenvalue weighted by Crippen LogP contribution is 2.33. The number of aromatic nitrogens is 2. The summed E-state index contributed by atoms with van der Waals surface area (Å²) < 4.78 is 54.9. The van der Waals surface area contributed by atoms with Crippen LogP contribution in [-0.4, -0.2) is 34.4 Å². The molecule has 164 valence electrons. The molecule has 2 aromatic heterocycles. The SMILES string of the molecule is CN(C(=O)c1cc2cc(F)c(F)cc2[nH]1)[C@H]1CNCc2[nH]c(=O)c3cc(F)c(F)cc3c21. The van der Waals surface area contributed by atoms with E-state index in [1.54, 1.807) is 0 Å². The molecule has 5 rings (SSSR count). The number of hydrogen-bond acceptors (Lipinski definition) is 3. The quantitative estimate of drug-likeness (QED) is 0.414. The number of halogens is 4. The average Bonchev–Trinajstić information content (AvgIpc) is 3.16. The van der Waals surface area contributed by atoms with Crippen molar-refractivity contribution in [3.05, 3.63) is 80.9 Å². The van der Waals surface area contributed by atoms with E-state index < -0.39 is 40.8 Å². The van der Waals surface area contributed by atoms with Crippen LogP contribution in [0.3, 0.4) is 0 Å². The smallest absolute Gasteiger partial charge is 0.270 e. The Balaban J connectivity index is 1.61. The number of carbonyl (C=O) groups excluding carboxylic acids is 1. The Bertz CT molecular complexity index is 1440. The summed E-state index contributed by atoms with van der Waals surface area (Å²) in [5, 5.41) is 3.62. The van der Waals surface area contributed by atoms with Gasteiger partial charge in [0, 0.05) is 48.4 Å². The van der Waals surface area contributed by atoms with E-state index in [2.05, 4.69) is 15.3 Å². The summed E-state index contributed by atoms with van der Waals surface area (Å²) in [6.07, 6.45) is 0. The van der Waals surface area contributed by atoms with Crippen molar-refractivity contribution < 1.29 is 22.4 Å². The Morgan fingerprint density at radius 1 is 0.938 bits per heavy atom. The molecule has 0 saturated heterocycles. The molecule has 1 amide bonds. The molecule has 32 heavy (non-hydrogen) atoms. The summed E-state index contributed by atoms with van der Waals surface area (Å²) in [5.74, 6) is -4.80. The van der Waals surface area contributed by atoms with E-state index in [9.17, 15) is 27.2 Å². The van der Waals surface area contributed by atoms with Gasteiger partial charge < -0.3 is 20.2 Å². The molecule has 0 fully saturated rings. The first-order valence-electron chi connectivity index (χ1n) is 9.74. The minimum absolute atomic E-state index is 0.0213. The highest BCUT2D eigenvalue weighted by Gasteiger charge is 2.31. The Morgan fingerprint density at radius 3 is 2.34 bits per heavy atom. The number of amides is 1. The molecule has 0 unspecified atom stereocenters. The van der Waals surface area contributed by atoms with E-state index >= 15 is 0 Å². The minimum Gasteiger partial charge on any atom is -0.350 e. The molecular weight excluding hydrogens is 428 g/mol. The van der Waals surface area contributed by atoms with Gasteiger partial charge in [-0.2, -0.15) is 0 Å². The van der Waals surface area contributed by atoms with Crippen molar-refractivity contribution in [1.82, 2.24) is 20.2 Å². The second-order valence-electron chi connectivity index (χ2n) is 7.76. The molecule has 1 aliphatic rings. The van der Waals surface area contributed by atoms with Crippen LogP contribution in [0.4, 0.5) is 17.6 Å². The predicted molar refractivity (Wildman–Crippen MR) is 109 cm³/mol. The lowest BCUT2D eigenvalue weighted by Crippen LogP contribution is -2.42. The highest BCUT2D eigenvalue weighted by molar-refractivity contribution is 5.98. The maximum atomic E-state index is 14.0. The number of H-pyrrole nitrogens is 2. The number of aromatic amines is 2. The summed E-state index contributed by atoms with van der Waals surface area (Å²) in [4.78, 5) is 32.4. The van der Waals surface area contributed by atoms with Crippen LogP contribution in [0.15, 0.2) is 35.1 Å². The molecule has 10 heteroatoms. The number of fused-ring (bicyclic) bond motifs is 4. The number of nitrogens with one attached hydrogen (secondary N) is 3. The molecule has 0 spiro atoms. The van der Waals surface area contributed by atoms with Gasteiger partial charge in [-0.3, -0.25) is 9.59 Å². The van der Waals surface area contributed by atoms with E-state index in [1.165, 1.54) is 18.0 Å². The molecule has 0 aliphatic carbocycles. The zero-order valence-electron chi connectivity index (χ0n) is 16.7. The third-order valence-electron chi connectivity index (χ3n) is 5.84. The number of nitrogens with zero attached hydrogens (tertiary/aromatic N) is 1. The van der Waals surface area contributed by atoms with E-state index in [0.717, 1.165) is 24.3 Å². The molecule has 1 aliphatic heterocycles. The maximum absolute atomic E-state index is 14.0. The number of carbonyl (C=O) groups is 1. The molecule has 6 nitrogen and oxygen atoms in total. The average molecular weight is 444 g/mol. The maximum Gasteiger partial charge on any atom is 0.270 e. The molecular formula is C22H16F4N4O2. The predicted octanol–water partition coefficient (Wildman–Crippen LogP) is 3.48. The van der Waals surface area contributed by atoms with Crippen molar-refractivity contribution in [2.24, 2.45) is 0 Å². The molecule has 2 aromatic carbocycles.